The Kier molecular flexibility index (Phi) is 5.11. The van der Waals surface area contributed by atoms with E-state index in [0.717, 1.165) is 4.90 Å². The van der Waals surface area contributed by atoms with E-state index in [4.69, 9.17) is 17.3 Å². The molecule has 1 aromatic rings. The van der Waals surface area contributed by atoms with Gasteiger partial charge in [-0.3, -0.25) is 20.4 Å². The van der Waals surface area contributed by atoms with Crippen molar-refractivity contribution in [3.63, 3.8) is 0 Å². The number of anilines is 1. The number of carbonyl (C=O) groups excluding carboxylic acids is 2. The molecule has 0 aromatic heterocycles. The van der Waals surface area contributed by atoms with Crippen molar-refractivity contribution in [3.05, 3.63) is 23.2 Å². The molecule has 0 aliphatic carbocycles. The molecule has 92 valence electrons. The van der Waals surface area contributed by atoms with Crippen LogP contribution in [-0.4, -0.2) is 17.6 Å². The van der Waals surface area contributed by atoms with Crippen LogP contribution in [0, 0.1) is 0 Å². The molecule has 0 radical (unpaired) electrons. The Bertz CT molecular complexity index is 440. The fourth-order valence-corrected chi connectivity index (χ4v) is 2.03. The number of carbonyl (C=O) groups is 2. The number of rotatable bonds is 3. The third kappa shape index (κ3) is 4.97. The molecule has 5 nitrogen and oxygen atoms in total. The number of nitrogens with two attached hydrogens (primary N) is 1. The maximum absolute atomic E-state index is 11.3. The highest BCUT2D eigenvalue weighted by atomic mass is 35.5. The number of hydrogen-bond acceptors (Lipinski definition) is 4. The van der Waals surface area contributed by atoms with Gasteiger partial charge in [0.15, 0.2) is 0 Å². The number of hydrazine groups is 1. The van der Waals surface area contributed by atoms with Gasteiger partial charge < -0.3 is 5.73 Å². The van der Waals surface area contributed by atoms with Gasteiger partial charge in [-0.05, 0) is 18.2 Å². The summed E-state index contributed by atoms with van der Waals surface area (Å²) in [5.41, 5.74) is 10.6. The monoisotopic (exact) mass is 273 g/mol. The summed E-state index contributed by atoms with van der Waals surface area (Å²) < 4.78 is 0. The molecule has 0 atom stereocenters. The van der Waals surface area contributed by atoms with Gasteiger partial charge in [-0.2, -0.15) is 0 Å². The number of amides is 2. The number of nitrogens with one attached hydrogen (secondary N) is 2. The second-order valence-electron chi connectivity index (χ2n) is 3.21. The lowest BCUT2D eigenvalue weighted by molar-refractivity contribution is -0.126. The van der Waals surface area contributed by atoms with Crippen LogP contribution in [0.2, 0.25) is 5.02 Å². The van der Waals surface area contributed by atoms with Crippen molar-refractivity contribution in [2.24, 2.45) is 0 Å². The fourth-order valence-electron chi connectivity index (χ4n) is 0.968. The minimum atomic E-state index is -0.328. The van der Waals surface area contributed by atoms with Gasteiger partial charge in [-0.25, -0.2) is 0 Å². The van der Waals surface area contributed by atoms with Gasteiger partial charge in [0.25, 0.3) is 0 Å². The van der Waals surface area contributed by atoms with Crippen LogP contribution in [0.25, 0.3) is 0 Å². The molecule has 0 saturated carbocycles. The van der Waals surface area contributed by atoms with Gasteiger partial charge in [0, 0.05) is 17.5 Å². The second-order valence-corrected chi connectivity index (χ2v) is 4.63. The smallest absolute Gasteiger partial charge is 0.248 e. The van der Waals surface area contributed by atoms with E-state index >= 15 is 0 Å². The fraction of sp³-hybridized carbons (Fsp3) is 0.200. The van der Waals surface area contributed by atoms with Gasteiger partial charge in [0.05, 0.1) is 10.8 Å². The van der Waals surface area contributed by atoms with Crippen LogP contribution in [0.15, 0.2) is 23.1 Å². The lowest BCUT2D eigenvalue weighted by Gasteiger charge is -2.06. The lowest BCUT2D eigenvalue weighted by Crippen LogP contribution is -2.41. The molecule has 0 aliphatic rings. The molecule has 0 bridgehead atoms. The molecular formula is C10H12ClN3O2S. The van der Waals surface area contributed by atoms with Gasteiger partial charge >= 0.3 is 0 Å². The molecule has 1 rings (SSSR count). The third-order valence-electron chi connectivity index (χ3n) is 1.69. The normalized spacial score (nSPS) is 9.76. The predicted molar refractivity (Wildman–Crippen MR) is 68.5 cm³/mol. The molecule has 0 aliphatic heterocycles. The average molecular weight is 274 g/mol. The predicted octanol–water partition coefficient (Wildman–Crippen LogP) is 1.18. The summed E-state index contributed by atoms with van der Waals surface area (Å²) in [6.45, 7) is 1.31. The van der Waals surface area contributed by atoms with Crippen molar-refractivity contribution < 1.29 is 9.59 Å². The Morgan fingerprint density at radius 2 is 2.12 bits per heavy atom. The first-order valence-corrected chi connectivity index (χ1v) is 6.08. The molecule has 17 heavy (non-hydrogen) atoms. The van der Waals surface area contributed by atoms with Crippen molar-refractivity contribution in [2.45, 2.75) is 11.8 Å². The van der Waals surface area contributed by atoms with Crippen LogP contribution in [0.1, 0.15) is 6.92 Å². The van der Waals surface area contributed by atoms with Gasteiger partial charge in [0.2, 0.25) is 11.8 Å². The molecule has 7 heteroatoms. The molecule has 0 fully saturated rings. The van der Waals surface area contributed by atoms with E-state index in [1.165, 1.54) is 18.7 Å². The number of benzene rings is 1. The molecule has 0 unspecified atom stereocenters. The summed E-state index contributed by atoms with van der Waals surface area (Å²) in [7, 11) is 0. The minimum Gasteiger partial charge on any atom is -0.399 e. The number of nitrogen functional groups attached to an aromatic ring is 1. The zero-order chi connectivity index (χ0) is 12.8. The van der Waals surface area contributed by atoms with Crippen LogP contribution in [0.4, 0.5) is 5.69 Å². The Balaban J connectivity index is 2.47. The van der Waals surface area contributed by atoms with E-state index in [-0.39, 0.29) is 17.6 Å². The first kappa shape index (κ1) is 13.7. The first-order chi connectivity index (χ1) is 7.99. The van der Waals surface area contributed by atoms with Crippen molar-refractivity contribution >= 4 is 40.9 Å². The summed E-state index contributed by atoms with van der Waals surface area (Å²) in [5.74, 6) is -0.502. The van der Waals surface area contributed by atoms with Gasteiger partial charge in [0.1, 0.15) is 0 Å². The van der Waals surface area contributed by atoms with Crippen molar-refractivity contribution in [1.29, 1.82) is 0 Å². The zero-order valence-electron chi connectivity index (χ0n) is 9.12. The summed E-state index contributed by atoms with van der Waals surface area (Å²) in [6.07, 6.45) is 0. The van der Waals surface area contributed by atoms with Crippen molar-refractivity contribution in [3.8, 4) is 0 Å². The summed E-state index contributed by atoms with van der Waals surface area (Å²) in [6, 6.07) is 5.05. The maximum atomic E-state index is 11.3. The molecule has 0 spiro atoms. The highest BCUT2D eigenvalue weighted by Crippen LogP contribution is 2.28. The van der Waals surface area contributed by atoms with Crippen molar-refractivity contribution in [1.82, 2.24) is 10.9 Å². The van der Waals surface area contributed by atoms with Crippen LogP contribution in [0.5, 0.6) is 0 Å². The Hall–Kier alpha value is -1.40. The highest BCUT2D eigenvalue weighted by molar-refractivity contribution is 8.00. The highest BCUT2D eigenvalue weighted by Gasteiger charge is 2.06. The molecule has 0 saturated heterocycles. The topological polar surface area (TPSA) is 84.2 Å². The van der Waals surface area contributed by atoms with E-state index in [1.807, 2.05) is 0 Å². The van der Waals surface area contributed by atoms with Gasteiger partial charge in [-0.15, -0.1) is 11.8 Å². The molecular weight excluding hydrogens is 262 g/mol. The molecule has 1 aromatic carbocycles. The lowest BCUT2D eigenvalue weighted by atomic mass is 10.3. The SMILES string of the molecule is CC(=O)NNC(=O)CSc1cc(N)ccc1Cl. The number of hydrogen-bond donors (Lipinski definition) is 3. The van der Waals surface area contributed by atoms with Crippen LogP contribution in [0.3, 0.4) is 0 Å². The molecule has 4 N–H and O–H groups in total. The van der Waals surface area contributed by atoms with E-state index in [2.05, 4.69) is 10.9 Å². The van der Waals surface area contributed by atoms with E-state index in [1.54, 1.807) is 18.2 Å². The van der Waals surface area contributed by atoms with Crippen LogP contribution in [-0.2, 0) is 9.59 Å². The maximum Gasteiger partial charge on any atom is 0.248 e. The minimum absolute atomic E-state index is 0.142. The second kappa shape index (κ2) is 6.36. The third-order valence-corrected chi connectivity index (χ3v) is 3.19. The standard InChI is InChI=1S/C10H12ClN3O2S/c1-6(15)13-14-10(16)5-17-9-4-7(12)2-3-8(9)11/h2-4H,5,12H2,1H3,(H,13,15)(H,14,16). The van der Waals surface area contributed by atoms with E-state index < -0.39 is 0 Å². The molecule has 0 heterocycles. The van der Waals surface area contributed by atoms with E-state index in [0.29, 0.717) is 10.7 Å². The van der Waals surface area contributed by atoms with Crippen molar-refractivity contribution in [2.75, 3.05) is 11.5 Å². The van der Waals surface area contributed by atoms with E-state index in [9.17, 15) is 9.59 Å². The Morgan fingerprint density at radius 3 is 2.76 bits per heavy atom. The largest absolute Gasteiger partial charge is 0.399 e. The zero-order valence-corrected chi connectivity index (χ0v) is 10.7. The Morgan fingerprint density at radius 1 is 1.41 bits per heavy atom. The quantitative estimate of drug-likeness (QED) is 0.439. The summed E-state index contributed by atoms with van der Waals surface area (Å²) in [5, 5.41) is 0.538. The number of thioether (sulfide) groups is 1. The summed E-state index contributed by atoms with van der Waals surface area (Å²) in [4.78, 5) is 22.6. The number of halogens is 1. The summed E-state index contributed by atoms with van der Waals surface area (Å²) >= 11 is 7.18. The van der Waals surface area contributed by atoms with Crippen LogP contribution >= 0.6 is 23.4 Å². The Labute approximate surface area is 108 Å². The van der Waals surface area contributed by atoms with Crippen LogP contribution < -0.4 is 16.6 Å². The average Bonchev–Trinajstić information content (AvgIpc) is 2.27. The van der Waals surface area contributed by atoms with Gasteiger partial charge in [-0.1, -0.05) is 11.6 Å². The first-order valence-electron chi connectivity index (χ1n) is 4.72. The molecule has 2 amide bonds.